The third-order valence-electron chi connectivity index (χ3n) is 2.08. The van der Waals surface area contributed by atoms with Gasteiger partial charge in [-0.1, -0.05) is 0 Å². The van der Waals surface area contributed by atoms with Crippen LogP contribution in [0.3, 0.4) is 0 Å². The topological polar surface area (TPSA) is 52.1 Å². The Morgan fingerprint density at radius 2 is 2.25 bits per heavy atom. The molecule has 2 aromatic heterocycles. The first-order chi connectivity index (χ1) is 7.79. The van der Waals surface area contributed by atoms with Crippen LogP contribution in [0.15, 0.2) is 29.0 Å². The molecule has 0 unspecified atom stereocenters. The molecule has 0 bridgehead atoms. The van der Waals surface area contributed by atoms with Gasteiger partial charge in [0.1, 0.15) is 5.69 Å². The van der Waals surface area contributed by atoms with Crippen molar-refractivity contribution >= 4 is 17.1 Å². The summed E-state index contributed by atoms with van der Waals surface area (Å²) in [5.41, 5.74) is 1.37. The summed E-state index contributed by atoms with van der Waals surface area (Å²) in [6.45, 7) is 0. The van der Waals surface area contributed by atoms with Gasteiger partial charge in [0.05, 0.1) is 7.11 Å². The standard InChI is InChI=1S/C11H10N2O2S/c1-15-11-3-2-9(12-13-11)10(14)6-8-4-5-16-7-8/h2-5,7H,6H2,1H3. The molecule has 0 aliphatic carbocycles. The second-order valence-corrected chi connectivity index (χ2v) is 3.97. The quantitative estimate of drug-likeness (QED) is 0.759. The van der Waals surface area contributed by atoms with Gasteiger partial charge < -0.3 is 4.74 Å². The van der Waals surface area contributed by atoms with Crippen molar-refractivity contribution in [1.29, 1.82) is 0 Å². The van der Waals surface area contributed by atoms with Gasteiger partial charge in [0.25, 0.3) is 0 Å². The fourth-order valence-electron chi connectivity index (χ4n) is 1.25. The van der Waals surface area contributed by atoms with Gasteiger partial charge >= 0.3 is 0 Å². The van der Waals surface area contributed by atoms with E-state index in [4.69, 9.17) is 4.74 Å². The molecular formula is C11H10N2O2S. The summed E-state index contributed by atoms with van der Waals surface area (Å²) >= 11 is 1.57. The van der Waals surface area contributed by atoms with Gasteiger partial charge in [-0.05, 0) is 28.5 Å². The lowest BCUT2D eigenvalue weighted by molar-refractivity contribution is 0.0987. The molecule has 0 aromatic carbocycles. The van der Waals surface area contributed by atoms with Gasteiger partial charge in [0.15, 0.2) is 5.78 Å². The minimum atomic E-state index is -0.0337. The van der Waals surface area contributed by atoms with Crippen LogP contribution in [-0.2, 0) is 6.42 Å². The molecule has 4 nitrogen and oxygen atoms in total. The van der Waals surface area contributed by atoms with Crippen LogP contribution in [0.5, 0.6) is 5.88 Å². The third kappa shape index (κ3) is 2.43. The number of Topliss-reactive ketones (excluding diaryl/α,β-unsaturated/α-hetero) is 1. The summed E-state index contributed by atoms with van der Waals surface area (Å²) < 4.78 is 4.87. The van der Waals surface area contributed by atoms with E-state index < -0.39 is 0 Å². The van der Waals surface area contributed by atoms with Crippen molar-refractivity contribution in [3.63, 3.8) is 0 Å². The van der Waals surface area contributed by atoms with Gasteiger partial charge in [-0.25, -0.2) is 0 Å². The molecule has 2 rings (SSSR count). The van der Waals surface area contributed by atoms with Crippen LogP contribution in [0, 0.1) is 0 Å². The van der Waals surface area contributed by atoms with Crippen LogP contribution in [0.25, 0.3) is 0 Å². The highest BCUT2D eigenvalue weighted by molar-refractivity contribution is 7.08. The average Bonchev–Trinajstić information content (AvgIpc) is 2.82. The molecule has 0 radical (unpaired) electrons. The monoisotopic (exact) mass is 234 g/mol. The highest BCUT2D eigenvalue weighted by Crippen LogP contribution is 2.10. The summed E-state index contributed by atoms with van der Waals surface area (Å²) in [5, 5.41) is 11.5. The van der Waals surface area contributed by atoms with Gasteiger partial charge in [-0.15, -0.1) is 10.2 Å². The number of carbonyl (C=O) groups is 1. The molecule has 0 atom stereocenters. The van der Waals surface area contributed by atoms with Crippen molar-refractivity contribution in [2.45, 2.75) is 6.42 Å². The normalized spacial score (nSPS) is 10.1. The second-order valence-electron chi connectivity index (χ2n) is 3.19. The maximum absolute atomic E-state index is 11.8. The Bertz CT molecular complexity index is 465. The van der Waals surface area contributed by atoms with Crippen molar-refractivity contribution < 1.29 is 9.53 Å². The Balaban J connectivity index is 2.09. The molecule has 0 amide bonds. The smallest absolute Gasteiger partial charge is 0.233 e. The fraction of sp³-hybridized carbons (Fsp3) is 0.182. The fourth-order valence-corrected chi connectivity index (χ4v) is 1.92. The van der Waals surface area contributed by atoms with Crippen molar-refractivity contribution in [2.24, 2.45) is 0 Å². The van der Waals surface area contributed by atoms with E-state index in [9.17, 15) is 4.79 Å². The minimum Gasteiger partial charge on any atom is -0.480 e. The number of hydrogen-bond acceptors (Lipinski definition) is 5. The summed E-state index contributed by atoms with van der Waals surface area (Å²) in [5.74, 6) is 0.376. The number of rotatable bonds is 4. The molecule has 2 heterocycles. The highest BCUT2D eigenvalue weighted by Gasteiger charge is 2.09. The number of ether oxygens (including phenoxy) is 1. The van der Waals surface area contributed by atoms with Crippen molar-refractivity contribution in [2.75, 3.05) is 7.11 Å². The number of carbonyl (C=O) groups excluding carboxylic acids is 1. The average molecular weight is 234 g/mol. The molecular weight excluding hydrogens is 224 g/mol. The third-order valence-corrected chi connectivity index (χ3v) is 2.81. The lowest BCUT2D eigenvalue weighted by Crippen LogP contribution is -2.06. The first-order valence-corrected chi connectivity index (χ1v) is 5.66. The predicted octanol–water partition coefficient (Wildman–Crippen LogP) is 1.97. The molecule has 0 spiro atoms. The lowest BCUT2D eigenvalue weighted by atomic mass is 10.1. The zero-order chi connectivity index (χ0) is 11.4. The molecule has 16 heavy (non-hydrogen) atoms. The molecule has 0 saturated carbocycles. The Morgan fingerprint density at radius 1 is 1.38 bits per heavy atom. The molecule has 82 valence electrons. The number of hydrogen-bond donors (Lipinski definition) is 0. The van der Waals surface area contributed by atoms with E-state index in [0.717, 1.165) is 5.56 Å². The van der Waals surface area contributed by atoms with E-state index in [1.165, 1.54) is 7.11 Å². The number of methoxy groups -OCH3 is 1. The van der Waals surface area contributed by atoms with Crippen molar-refractivity contribution in [1.82, 2.24) is 10.2 Å². The number of nitrogens with zero attached hydrogens (tertiary/aromatic N) is 2. The maximum Gasteiger partial charge on any atom is 0.233 e. The second kappa shape index (κ2) is 4.85. The molecule has 0 fully saturated rings. The summed E-state index contributed by atoms with van der Waals surface area (Å²) in [7, 11) is 1.51. The van der Waals surface area contributed by atoms with Gasteiger partial charge in [0, 0.05) is 12.5 Å². The summed E-state index contributed by atoms with van der Waals surface area (Å²) in [4.78, 5) is 11.8. The summed E-state index contributed by atoms with van der Waals surface area (Å²) in [6, 6.07) is 5.19. The van der Waals surface area contributed by atoms with E-state index in [1.807, 2.05) is 16.8 Å². The van der Waals surface area contributed by atoms with Crippen LogP contribution in [0.4, 0.5) is 0 Å². The molecule has 0 N–H and O–H groups in total. The van der Waals surface area contributed by atoms with E-state index in [1.54, 1.807) is 23.5 Å². The van der Waals surface area contributed by atoms with Crippen LogP contribution in [0.2, 0.25) is 0 Å². The number of aromatic nitrogens is 2. The van der Waals surface area contributed by atoms with E-state index >= 15 is 0 Å². The van der Waals surface area contributed by atoms with Gasteiger partial charge in [0.2, 0.25) is 5.88 Å². The first kappa shape index (κ1) is 10.8. The first-order valence-electron chi connectivity index (χ1n) is 4.71. The zero-order valence-electron chi connectivity index (χ0n) is 8.71. The van der Waals surface area contributed by atoms with Crippen LogP contribution < -0.4 is 4.74 Å². The highest BCUT2D eigenvalue weighted by atomic mass is 32.1. The van der Waals surface area contributed by atoms with Crippen molar-refractivity contribution in [3.05, 3.63) is 40.2 Å². The molecule has 5 heteroatoms. The Labute approximate surface area is 96.9 Å². The molecule has 0 aliphatic rings. The Hall–Kier alpha value is -1.75. The van der Waals surface area contributed by atoms with Gasteiger partial charge in [-0.2, -0.15) is 11.3 Å². The number of ketones is 1. The van der Waals surface area contributed by atoms with Crippen LogP contribution in [0.1, 0.15) is 16.1 Å². The number of thiophene rings is 1. The zero-order valence-corrected chi connectivity index (χ0v) is 9.53. The lowest BCUT2D eigenvalue weighted by Gasteiger charge is -1.99. The van der Waals surface area contributed by atoms with Crippen molar-refractivity contribution in [3.8, 4) is 5.88 Å². The van der Waals surface area contributed by atoms with E-state index in [2.05, 4.69) is 10.2 Å². The molecule has 0 saturated heterocycles. The van der Waals surface area contributed by atoms with Crippen LogP contribution in [-0.4, -0.2) is 23.1 Å². The maximum atomic E-state index is 11.8. The summed E-state index contributed by atoms with van der Waals surface area (Å²) in [6.07, 6.45) is 0.366. The molecule has 0 aliphatic heterocycles. The van der Waals surface area contributed by atoms with E-state index in [0.29, 0.717) is 18.0 Å². The largest absolute Gasteiger partial charge is 0.480 e. The van der Waals surface area contributed by atoms with Crippen LogP contribution >= 0.6 is 11.3 Å². The molecule has 2 aromatic rings. The minimum absolute atomic E-state index is 0.0337. The van der Waals surface area contributed by atoms with E-state index in [-0.39, 0.29) is 5.78 Å². The predicted molar refractivity (Wildman–Crippen MR) is 60.9 cm³/mol. The van der Waals surface area contributed by atoms with Gasteiger partial charge in [-0.3, -0.25) is 4.79 Å². The SMILES string of the molecule is COc1ccc(C(=O)Cc2ccsc2)nn1. The Kier molecular flexibility index (Phi) is 3.26. The Morgan fingerprint density at radius 3 is 2.81 bits per heavy atom.